The summed E-state index contributed by atoms with van der Waals surface area (Å²) in [4.78, 5) is 27.7. The number of carbonyl (C=O) groups is 2. The minimum absolute atomic E-state index is 0.168. The van der Waals surface area contributed by atoms with Crippen LogP contribution in [0.2, 0.25) is 0 Å². The lowest BCUT2D eigenvalue weighted by Crippen LogP contribution is -2.25. The summed E-state index contributed by atoms with van der Waals surface area (Å²) in [5.41, 5.74) is 0.558. The smallest absolute Gasteiger partial charge is 0.352 e. The quantitative estimate of drug-likeness (QED) is 0.749. The largest absolute Gasteiger partial charge is 0.460 e. The predicted octanol–water partition coefficient (Wildman–Crippen LogP) is 2.66. The van der Waals surface area contributed by atoms with Crippen LogP contribution in [0.4, 0.5) is 0 Å². The van der Waals surface area contributed by atoms with Crippen LogP contribution in [-0.2, 0) is 19.1 Å². The first kappa shape index (κ1) is 16.1. The Morgan fingerprint density at radius 1 is 1.10 bits per heavy atom. The van der Waals surface area contributed by atoms with Crippen molar-refractivity contribution in [2.45, 2.75) is 46.3 Å². The lowest BCUT2D eigenvalue weighted by atomic mass is 10.1. The van der Waals surface area contributed by atoms with Crippen molar-refractivity contribution in [2.75, 3.05) is 0 Å². The Morgan fingerprint density at radius 2 is 1.70 bits per heavy atom. The van der Waals surface area contributed by atoms with Crippen LogP contribution in [0, 0.1) is 5.92 Å². The number of hydrogen-bond acceptors (Lipinski definition) is 5. The van der Waals surface area contributed by atoms with E-state index >= 15 is 0 Å². The van der Waals surface area contributed by atoms with Crippen molar-refractivity contribution in [3.05, 3.63) is 30.1 Å². The van der Waals surface area contributed by atoms with Gasteiger partial charge in [0, 0.05) is 24.4 Å². The zero-order chi connectivity index (χ0) is 15.1. The topological polar surface area (TPSA) is 65.5 Å². The molecule has 0 saturated heterocycles. The van der Waals surface area contributed by atoms with Gasteiger partial charge in [-0.15, -0.1) is 0 Å². The number of pyridine rings is 1. The third-order valence-electron chi connectivity index (χ3n) is 2.40. The molecule has 0 radical (unpaired) electrons. The second kappa shape index (κ2) is 7.62. The molecule has 1 rings (SSSR count). The summed E-state index contributed by atoms with van der Waals surface area (Å²) in [7, 11) is 0. The van der Waals surface area contributed by atoms with E-state index in [-0.39, 0.29) is 18.4 Å². The Kier molecular flexibility index (Phi) is 6.15. The van der Waals surface area contributed by atoms with Gasteiger partial charge in [0.1, 0.15) is 0 Å². The van der Waals surface area contributed by atoms with Gasteiger partial charge in [-0.05, 0) is 31.9 Å². The number of esters is 2. The fourth-order valence-corrected chi connectivity index (χ4v) is 1.60. The molecule has 1 unspecified atom stereocenters. The first-order chi connectivity index (χ1) is 9.40. The van der Waals surface area contributed by atoms with Crippen molar-refractivity contribution < 1.29 is 19.1 Å². The lowest BCUT2D eigenvalue weighted by Gasteiger charge is -2.19. The Hall–Kier alpha value is -1.91. The van der Waals surface area contributed by atoms with Crippen molar-refractivity contribution in [3.8, 4) is 0 Å². The fraction of sp³-hybridized carbons (Fsp3) is 0.533. The van der Waals surface area contributed by atoms with E-state index in [4.69, 9.17) is 9.47 Å². The molecule has 5 nitrogen and oxygen atoms in total. The highest BCUT2D eigenvalue weighted by Crippen LogP contribution is 2.20. The highest BCUT2D eigenvalue weighted by Gasteiger charge is 2.27. The Morgan fingerprint density at radius 3 is 2.20 bits per heavy atom. The highest BCUT2D eigenvalue weighted by atomic mass is 16.6. The first-order valence-electron chi connectivity index (χ1n) is 6.70. The van der Waals surface area contributed by atoms with E-state index in [1.165, 1.54) is 0 Å². The summed E-state index contributed by atoms with van der Waals surface area (Å²) < 4.78 is 10.4. The Balaban J connectivity index is 2.85. The van der Waals surface area contributed by atoms with Crippen molar-refractivity contribution in [1.82, 2.24) is 4.98 Å². The number of carbonyl (C=O) groups excluding carboxylic acids is 2. The fourth-order valence-electron chi connectivity index (χ4n) is 1.60. The third-order valence-corrected chi connectivity index (χ3v) is 2.40. The molecule has 0 spiro atoms. The molecule has 0 fully saturated rings. The second-order valence-electron chi connectivity index (χ2n) is 5.23. The standard InChI is InChI=1S/C15H21NO4/c1-10(2)9-13(17)20-14(15(18)19-11(3)4)12-5-7-16-8-6-12/h5-8,10-11,14H,9H2,1-4H3. The van der Waals surface area contributed by atoms with Crippen LogP contribution in [0.5, 0.6) is 0 Å². The Labute approximate surface area is 119 Å². The minimum Gasteiger partial charge on any atom is -0.460 e. The molecule has 0 bridgehead atoms. The van der Waals surface area contributed by atoms with Crippen LogP contribution in [-0.4, -0.2) is 23.0 Å². The highest BCUT2D eigenvalue weighted by molar-refractivity contribution is 5.80. The van der Waals surface area contributed by atoms with Crippen molar-refractivity contribution >= 4 is 11.9 Å². The molecule has 0 amide bonds. The van der Waals surface area contributed by atoms with Crippen molar-refractivity contribution in [2.24, 2.45) is 5.92 Å². The average molecular weight is 279 g/mol. The van der Waals surface area contributed by atoms with Crippen LogP contribution in [0.1, 0.15) is 45.8 Å². The van der Waals surface area contributed by atoms with Crippen LogP contribution in [0.15, 0.2) is 24.5 Å². The molecule has 1 atom stereocenters. The zero-order valence-electron chi connectivity index (χ0n) is 12.3. The molecule has 0 saturated carbocycles. The number of rotatable bonds is 6. The van der Waals surface area contributed by atoms with Gasteiger partial charge < -0.3 is 9.47 Å². The molecule has 0 aromatic carbocycles. The van der Waals surface area contributed by atoms with Gasteiger partial charge in [-0.2, -0.15) is 0 Å². The molecule has 5 heteroatoms. The molecule has 1 heterocycles. The maximum atomic E-state index is 12.1. The van der Waals surface area contributed by atoms with Gasteiger partial charge in [0.05, 0.1) is 6.10 Å². The zero-order valence-corrected chi connectivity index (χ0v) is 12.3. The number of hydrogen-bond donors (Lipinski definition) is 0. The van der Waals surface area contributed by atoms with Gasteiger partial charge in [0.2, 0.25) is 6.10 Å². The van der Waals surface area contributed by atoms with E-state index in [9.17, 15) is 9.59 Å². The average Bonchev–Trinajstić information content (AvgIpc) is 2.35. The van der Waals surface area contributed by atoms with E-state index in [0.29, 0.717) is 5.56 Å². The Bertz CT molecular complexity index is 442. The summed E-state index contributed by atoms with van der Waals surface area (Å²) in [5, 5.41) is 0. The molecule has 20 heavy (non-hydrogen) atoms. The number of nitrogens with zero attached hydrogens (tertiary/aromatic N) is 1. The molecular weight excluding hydrogens is 258 g/mol. The molecule has 0 N–H and O–H groups in total. The monoisotopic (exact) mass is 279 g/mol. The van der Waals surface area contributed by atoms with E-state index < -0.39 is 18.0 Å². The summed E-state index contributed by atoms with van der Waals surface area (Å²) >= 11 is 0. The summed E-state index contributed by atoms with van der Waals surface area (Å²) in [6.45, 7) is 7.32. The van der Waals surface area contributed by atoms with E-state index in [2.05, 4.69) is 4.98 Å². The predicted molar refractivity (Wildman–Crippen MR) is 73.8 cm³/mol. The van der Waals surface area contributed by atoms with Crippen molar-refractivity contribution in [1.29, 1.82) is 0 Å². The van der Waals surface area contributed by atoms with Gasteiger partial charge in [0.25, 0.3) is 0 Å². The molecule has 0 aliphatic carbocycles. The SMILES string of the molecule is CC(C)CC(=O)OC(C(=O)OC(C)C)c1ccncc1. The molecule has 0 aliphatic heterocycles. The maximum absolute atomic E-state index is 12.1. The minimum atomic E-state index is -1.04. The first-order valence-corrected chi connectivity index (χ1v) is 6.70. The van der Waals surface area contributed by atoms with Gasteiger partial charge in [0.15, 0.2) is 0 Å². The summed E-state index contributed by atoms with van der Waals surface area (Å²) in [5.74, 6) is -0.812. The second-order valence-corrected chi connectivity index (χ2v) is 5.23. The lowest BCUT2D eigenvalue weighted by molar-refractivity contribution is -0.171. The van der Waals surface area contributed by atoms with Crippen LogP contribution < -0.4 is 0 Å². The van der Waals surface area contributed by atoms with Gasteiger partial charge in [-0.25, -0.2) is 4.79 Å². The molecule has 0 aliphatic rings. The number of aromatic nitrogens is 1. The van der Waals surface area contributed by atoms with Crippen LogP contribution in [0.3, 0.4) is 0 Å². The number of ether oxygens (including phenoxy) is 2. The van der Waals surface area contributed by atoms with E-state index in [1.54, 1.807) is 38.4 Å². The van der Waals surface area contributed by atoms with Crippen LogP contribution in [0.25, 0.3) is 0 Å². The molecule has 1 aromatic rings. The maximum Gasteiger partial charge on any atom is 0.352 e. The summed E-state index contributed by atoms with van der Waals surface area (Å²) in [6.07, 6.45) is 2.04. The van der Waals surface area contributed by atoms with Gasteiger partial charge in [-0.1, -0.05) is 13.8 Å². The molecule has 110 valence electrons. The normalized spacial score (nSPS) is 12.3. The van der Waals surface area contributed by atoms with E-state index in [0.717, 1.165) is 0 Å². The van der Waals surface area contributed by atoms with Crippen molar-refractivity contribution in [3.63, 3.8) is 0 Å². The molecular formula is C15H21NO4. The van der Waals surface area contributed by atoms with Gasteiger partial charge >= 0.3 is 11.9 Å². The van der Waals surface area contributed by atoms with Gasteiger partial charge in [-0.3, -0.25) is 9.78 Å². The summed E-state index contributed by atoms with van der Waals surface area (Å²) in [6, 6.07) is 3.27. The third kappa shape index (κ3) is 5.38. The molecule has 1 aromatic heterocycles. The van der Waals surface area contributed by atoms with Crippen LogP contribution >= 0.6 is 0 Å². The van der Waals surface area contributed by atoms with E-state index in [1.807, 2.05) is 13.8 Å².